The number of benzene rings is 1. The lowest BCUT2D eigenvalue weighted by Gasteiger charge is -2.36. The average molecular weight is 264 g/mol. The van der Waals surface area contributed by atoms with E-state index < -0.39 is 11.0 Å². The van der Waals surface area contributed by atoms with Gasteiger partial charge in [-0.25, -0.2) is 0 Å². The predicted molar refractivity (Wildman–Crippen MR) is 70.5 cm³/mol. The smallest absolute Gasteiger partial charge is 0.270 e. The first-order chi connectivity index (χ1) is 9.02. The van der Waals surface area contributed by atoms with E-state index in [1.807, 2.05) is 11.8 Å². The summed E-state index contributed by atoms with van der Waals surface area (Å²) < 4.78 is 0. The van der Waals surface area contributed by atoms with E-state index in [2.05, 4.69) is 0 Å². The van der Waals surface area contributed by atoms with Crippen molar-refractivity contribution in [3.05, 3.63) is 33.9 Å². The Morgan fingerprint density at radius 1 is 1.53 bits per heavy atom. The van der Waals surface area contributed by atoms with Crippen LogP contribution in [0.25, 0.3) is 0 Å². The molecule has 0 aliphatic carbocycles. The largest absolute Gasteiger partial charge is 0.391 e. The van der Waals surface area contributed by atoms with Crippen LogP contribution in [0.1, 0.15) is 23.7 Å². The van der Waals surface area contributed by atoms with E-state index in [4.69, 9.17) is 0 Å². The average Bonchev–Trinajstić information content (AvgIpc) is 2.41. The molecule has 6 heteroatoms. The number of β-amino-alcohol motifs (C(OH)–C–C–N with tert-alkyl or cyclic N) is 1. The molecule has 1 N–H and O–H groups in total. The van der Waals surface area contributed by atoms with Gasteiger partial charge in [0.15, 0.2) is 6.29 Å². The Labute approximate surface area is 110 Å². The van der Waals surface area contributed by atoms with Crippen LogP contribution in [0.15, 0.2) is 18.2 Å². The zero-order valence-corrected chi connectivity index (χ0v) is 10.7. The van der Waals surface area contributed by atoms with Gasteiger partial charge in [-0.1, -0.05) is 6.92 Å². The maximum Gasteiger partial charge on any atom is 0.270 e. The first-order valence-corrected chi connectivity index (χ1v) is 6.19. The van der Waals surface area contributed by atoms with Crippen molar-refractivity contribution in [1.29, 1.82) is 0 Å². The number of piperidine rings is 1. The van der Waals surface area contributed by atoms with Crippen molar-refractivity contribution >= 4 is 17.7 Å². The van der Waals surface area contributed by atoms with Gasteiger partial charge in [0.1, 0.15) is 0 Å². The quantitative estimate of drug-likeness (QED) is 0.509. The molecular formula is C13H16N2O4. The molecule has 1 heterocycles. The maximum atomic E-state index is 11.1. The van der Waals surface area contributed by atoms with E-state index in [9.17, 15) is 20.0 Å². The molecule has 0 radical (unpaired) electrons. The van der Waals surface area contributed by atoms with Crippen molar-refractivity contribution in [1.82, 2.24) is 0 Å². The molecule has 19 heavy (non-hydrogen) atoms. The molecule has 1 aliphatic rings. The Kier molecular flexibility index (Phi) is 3.80. The SMILES string of the molecule is CC1CCN(c2ccc([N+](=O)[O-])cc2C=O)CC1O. The standard InChI is InChI=1S/C13H16N2O4/c1-9-4-5-14(7-13(9)17)12-3-2-11(15(18)19)6-10(12)8-16/h2-3,6,8-9,13,17H,4-5,7H2,1H3. The summed E-state index contributed by atoms with van der Waals surface area (Å²) in [6.45, 7) is 3.16. The van der Waals surface area contributed by atoms with E-state index in [-0.39, 0.29) is 17.2 Å². The van der Waals surface area contributed by atoms with Gasteiger partial charge in [-0.3, -0.25) is 14.9 Å². The number of anilines is 1. The molecule has 1 aliphatic heterocycles. The topological polar surface area (TPSA) is 83.7 Å². The minimum atomic E-state index is -0.524. The second kappa shape index (κ2) is 5.36. The summed E-state index contributed by atoms with van der Waals surface area (Å²) in [5, 5.41) is 20.6. The van der Waals surface area contributed by atoms with Crippen LogP contribution < -0.4 is 4.90 Å². The van der Waals surface area contributed by atoms with Crippen molar-refractivity contribution in [2.45, 2.75) is 19.4 Å². The molecule has 2 unspecified atom stereocenters. The molecule has 102 valence electrons. The number of carbonyl (C=O) groups is 1. The number of nitrogens with zero attached hydrogens (tertiary/aromatic N) is 2. The van der Waals surface area contributed by atoms with Crippen LogP contribution in [0.2, 0.25) is 0 Å². The fourth-order valence-electron chi connectivity index (χ4n) is 2.31. The Hall–Kier alpha value is -1.95. The van der Waals surface area contributed by atoms with Gasteiger partial charge < -0.3 is 10.0 Å². The van der Waals surface area contributed by atoms with Crippen molar-refractivity contribution < 1.29 is 14.8 Å². The summed E-state index contributed by atoms with van der Waals surface area (Å²) in [6.07, 6.45) is 1.01. The van der Waals surface area contributed by atoms with Crippen molar-refractivity contribution in [2.24, 2.45) is 5.92 Å². The fourth-order valence-corrected chi connectivity index (χ4v) is 2.31. The summed E-state index contributed by atoms with van der Waals surface area (Å²) in [6, 6.07) is 4.23. The van der Waals surface area contributed by atoms with Gasteiger partial charge >= 0.3 is 0 Å². The second-order valence-electron chi connectivity index (χ2n) is 4.90. The summed E-state index contributed by atoms with van der Waals surface area (Å²) in [7, 11) is 0. The van der Waals surface area contributed by atoms with Gasteiger partial charge in [-0.15, -0.1) is 0 Å². The number of hydrogen-bond donors (Lipinski definition) is 1. The third kappa shape index (κ3) is 2.73. The third-order valence-corrected chi connectivity index (χ3v) is 3.61. The number of carbonyl (C=O) groups excluding carboxylic acids is 1. The van der Waals surface area contributed by atoms with Gasteiger partial charge in [0.05, 0.1) is 11.0 Å². The van der Waals surface area contributed by atoms with Crippen LogP contribution in [-0.4, -0.2) is 35.5 Å². The highest BCUT2D eigenvalue weighted by Gasteiger charge is 2.26. The van der Waals surface area contributed by atoms with E-state index in [1.165, 1.54) is 12.1 Å². The lowest BCUT2D eigenvalue weighted by atomic mass is 9.95. The first kappa shape index (κ1) is 13.5. The molecule has 1 aromatic carbocycles. The van der Waals surface area contributed by atoms with Gasteiger partial charge in [0, 0.05) is 36.5 Å². The third-order valence-electron chi connectivity index (χ3n) is 3.61. The highest BCUT2D eigenvalue weighted by Crippen LogP contribution is 2.28. The van der Waals surface area contributed by atoms with Crippen molar-refractivity contribution in [3.63, 3.8) is 0 Å². The fraction of sp³-hybridized carbons (Fsp3) is 0.462. The van der Waals surface area contributed by atoms with E-state index in [0.29, 0.717) is 18.5 Å². The molecule has 0 bridgehead atoms. The molecule has 1 saturated heterocycles. The van der Waals surface area contributed by atoms with E-state index >= 15 is 0 Å². The van der Waals surface area contributed by atoms with Gasteiger partial charge in [-0.05, 0) is 18.4 Å². The summed E-state index contributed by atoms with van der Waals surface area (Å²) in [5.41, 5.74) is 0.833. The molecule has 1 aromatic rings. The highest BCUT2D eigenvalue weighted by molar-refractivity contribution is 5.86. The van der Waals surface area contributed by atoms with Crippen LogP contribution >= 0.6 is 0 Å². The number of aldehydes is 1. The molecule has 0 aromatic heterocycles. The first-order valence-electron chi connectivity index (χ1n) is 6.19. The Morgan fingerprint density at radius 2 is 2.26 bits per heavy atom. The van der Waals surface area contributed by atoms with Gasteiger partial charge in [0.2, 0.25) is 0 Å². The van der Waals surface area contributed by atoms with E-state index in [1.54, 1.807) is 6.07 Å². The zero-order chi connectivity index (χ0) is 14.0. The minimum absolute atomic E-state index is 0.100. The predicted octanol–water partition coefficient (Wildman–Crippen LogP) is 1.61. The molecular weight excluding hydrogens is 248 g/mol. The Morgan fingerprint density at radius 3 is 2.84 bits per heavy atom. The van der Waals surface area contributed by atoms with Gasteiger partial charge in [-0.2, -0.15) is 0 Å². The maximum absolute atomic E-state index is 11.1. The second-order valence-corrected chi connectivity index (χ2v) is 4.90. The monoisotopic (exact) mass is 264 g/mol. The highest BCUT2D eigenvalue weighted by atomic mass is 16.6. The van der Waals surface area contributed by atoms with Gasteiger partial charge in [0.25, 0.3) is 5.69 Å². The number of hydrogen-bond acceptors (Lipinski definition) is 5. The Balaban J connectivity index is 2.29. The lowest BCUT2D eigenvalue weighted by Crippen LogP contribution is -2.43. The summed E-state index contributed by atoms with van der Waals surface area (Å²) in [4.78, 5) is 23.1. The van der Waals surface area contributed by atoms with Crippen LogP contribution in [0.3, 0.4) is 0 Å². The summed E-state index contributed by atoms with van der Waals surface area (Å²) >= 11 is 0. The van der Waals surface area contributed by atoms with Crippen molar-refractivity contribution in [2.75, 3.05) is 18.0 Å². The number of nitro benzene ring substituents is 1. The van der Waals surface area contributed by atoms with Crippen LogP contribution in [-0.2, 0) is 0 Å². The minimum Gasteiger partial charge on any atom is -0.391 e. The molecule has 1 fully saturated rings. The lowest BCUT2D eigenvalue weighted by molar-refractivity contribution is -0.384. The van der Waals surface area contributed by atoms with Crippen LogP contribution in [0, 0.1) is 16.0 Å². The normalized spacial score (nSPS) is 23.2. The summed E-state index contributed by atoms with van der Waals surface area (Å²) in [5.74, 6) is 0.231. The number of aliphatic hydroxyl groups excluding tert-OH is 1. The number of rotatable bonds is 3. The van der Waals surface area contributed by atoms with Crippen LogP contribution in [0.4, 0.5) is 11.4 Å². The molecule has 2 atom stereocenters. The molecule has 6 nitrogen and oxygen atoms in total. The molecule has 2 rings (SSSR count). The van der Waals surface area contributed by atoms with E-state index in [0.717, 1.165) is 13.0 Å². The number of nitro groups is 1. The van der Waals surface area contributed by atoms with Crippen LogP contribution in [0.5, 0.6) is 0 Å². The molecule has 0 amide bonds. The molecule has 0 spiro atoms. The van der Waals surface area contributed by atoms with Crippen molar-refractivity contribution in [3.8, 4) is 0 Å². The zero-order valence-electron chi connectivity index (χ0n) is 10.7. The molecule has 0 saturated carbocycles. The Bertz CT molecular complexity index is 503. The number of non-ortho nitro benzene ring substituents is 1. The number of aliphatic hydroxyl groups is 1.